The minimum Gasteiger partial charge on any atom is -0.507 e. The number of imide groups is 1. The smallest absolute Gasteiger partial charge is 0.323 e. The summed E-state index contributed by atoms with van der Waals surface area (Å²) < 4.78 is 0.590. The summed E-state index contributed by atoms with van der Waals surface area (Å²) in [5, 5.41) is 14.0. The van der Waals surface area contributed by atoms with Crippen molar-refractivity contribution in [3.05, 3.63) is 26.8 Å². The van der Waals surface area contributed by atoms with Gasteiger partial charge in [-0.2, -0.15) is 0 Å². The third kappa shape index (κ3) is 2.12. The number of hydrogen-bond acceptors (Lipinski definition) is 5. The van der Waals surface area contributed by atoms with Gasteiger partial charge in [0, 0.05) is 17.7 Å². The summed E-state index contributed by atoms with van der Waals surface area (Å²) in [7, 11) is 0. The normalized spacial score (nSPS) is 24.1. The minimum atomic E-state index is -1.64. The number of urea groups is 1. The largest absolute Gasteiger partial charge is 0.507 e. The van der Waals surface area contributed by atoms with Crippen LogP contribution in [0.2, 0.25) is 0 Å². The molecule has 0 aromatic heterocycles. The Morgan fingerprint density at radius 2 is 2.10 bits per heavy atom. The standard InChI is InChI=1S/C12H11IN4O4/c13-8-6-3-17(9(19)5(6)1-2-7(8)18)4-12(14)10(20)15-11(21)16-12/h1-2,18H,3-4,14H2,(H2,15,16,20,21). The van der Waals surface area contributed by atoms with Crippen molar-refractivity contribution >= 4 is 40.4 Å². The number of fused-ring (bicyclic) bond motifs is 1. The first-order valence-corrected chi connectivity index (χ1v) is 7.12. The fourth-order valence-electron chi connectivity index (χ4n) is 2.44. The van der Waals surface area contributed by atoms with Gasteiger partial charge in [-0.1, -0.05) is 0 Å². The van der Waals surface area contributed by atoms with E-state index in [2.05, 4.69) is 5.32 Å². The topological polar surface area (TPSA) is 125 Å². The second-order valence-corrected chi connectivity index (χ2v) is 6.04. The second kappa shape index (κ2) is 4.56. The van der Waals surface area contributed by atoms with E-state index in [1.54, 1.807) is 0 Å². The molecule has 2 aliphatic rings. The number of phenols is 1. The molecule has 2 heterocycles. The molecule has 1 atom stereocenters. The van der Waals surface area contributed by atoms with Gasteiger partial charge in [-0.25, -0.2) is 4.79 Å². The number of carbonyl (C=O) groups excluding carboxylic acids is 3. The van der Waals surface area contributed by atoms with E-state index in [9.17, 15) is 19.5 Å². The van der Waals surface area contributed by atoms with Crippen LogP contribution in [0.25, 0.3) is 0 Å². The lowest BCUT2D eigenvalue weighted by molar-refractivity contribution is -0.124. The molecule has 110 valence electrons. The molecule has 3 rings (SSSR count). The highest BCUT2D eigenvalue weighted by molar-refractivity contribution is 14.1. The fraction of sp³-hybridized carbons (Fsp3) is 0.250. The third-order valence-corrected chi connectivity index (χ3v) is 4.70. The molecule has 0 bridgehead atoms. The zero-order chi connectivity index (χ0) is 15.4. The first-order valence-electron chi connectivity index (χ1n) is 6.04. The molecule has 21 heavy (non-hydrogen) atoms. The zero-order valence-electron chi connectivity index (χ0n) is 10.6. The summed E-state index contributed by atoms with van der Waals surface area (Å²) in [6, 6.07) is 2.30. The molecule has 0 saturated carbocycles. The van der Waals surface area contributed by atoms with E-state index in [4.69, 9.17) is 5.73 Å². The predicted octanol–water partition coefficient (Wildman–Crippen LogP) is -0.553. The first kappa shape index (κ1) is 14.1. The maximum absolute atomic E-state index is 12.3. The van der Waals surface area contributed by atoms with E-state index in [1.807, 2.05) is 27.9 Å². The molecule has 1 unspecified atom stereocenters. The molecule has 0 aliphatic carbocycles. The van der Waals surface area contributed by atoms with E-state index >= 15 is 0 Å². The number of rotatable bonds is 2. The lowest BCUT2D eigenvalue weighted by atomic mass is 10.1. The number of nitrogens with zero attached hydrogens (tertiary/aromatic N) is 1. The lowest BCUT2D eigenvalue weighted by Gasteiger charge is -2.26. The average Bonchev–Trinajstić information content (AvgIpc) is 2.84. The molecule has 5 N–H and O–H groups in total. The van der Waals surface area contributed by atoms with E-state index < -0.39 is 17.6 Å². The predicted molar refractivity (Wildman–Crippen MR) is 79.2 cm³/mol. The molecule has 2 aliphatic heterocycles. The van der Waals surface area contributed by atoms with Crippen molar-refractivity contribution in [3.8, 4) is 5.75 Å². The maximum atomic E-state index is 12.3. The molecule has 0 radical (unpaired) electrons. The molecular weight excluding hydrogens is 391 g/mol. The molecular formula is C12H11IN4O4. The molecule has 1 fully saturated rings. The summed E-state index contributed by atoms with van der Waals surface area (Å²) in [4.78, 5) is 36.6. The zero-order valence-corrected chi connectivity index (χ0v) is 12.8. The van der Waals surface area contributed by atoms with E-state index in [-0.39, 0.29) is 24.7 Å². The van der Waals surface area contributed by atoms with Crippen LogP contribution in [0.3, 0.4) is 0 Å². The van der Waals surface area contributed by atoms with Crippen molar-refractivity contribution in [2.24, 2.45) is 5.73 Å². The SMILES string of the molecule is NC1(CN2Cc3c(ccc(O)c3I)C2=O)NC(=O)NC1=O. The summed E-state index contributed by atoms with van der Waals surface area (Å²) in [6.07, 6.45) is 0. The third-order valence-electron chi connectivity index (χ3n) is 3.50. The van der Waals surface area contributed by atoms with Crippen molar-refractivity contribution < 1.29 is 19.5 Å². The number of aromatic hydroxyl groups is 1. The van der Waals surface area contributed by atoms with Crippen molar-refractivity contribution in [3.63, 3.8) is 0 Å². The number of benzene rings is 1. The second-order valence-electron chi connectivity index (χ2n) is 4.97. The van der Waals surface area contributed by atoms with Crippen molar-refractivity contribution in [1.29, 1.82) is 0 Å². The van der Waals surface area contributed by atoms with Gasteiger partial charge in [0.15, 0.2) is 5.66 Å². The summed E-state index contributed by atoms with van der Waals surface area (Å²) in [5.41, 5.74) is 5.36. The molecule has 8 nitrogen and oxygen atoms in total. The van der Waals surface area contributed by atoms with Crippen LogP contribution in [0.4, 0.5) is 4.79 Å². The van der Waals surface area contributed by atoms with Gasteiger partial charge in [0.25, 0.3) is 11.8 Å². The highest BCUT2D eigenvalue weighted by Crippen LogP contribution is 2.33. The number of carbonyl (C=O) groups is 3. The van der Waals surface area contributed by atoms with Crippen LogP contribution in [-0.4, -0.2) is 40.1 Å². The average molecular weight is 402 g/mol. The Bertz CT molecular complexity index is 692. The quantitative estimate of drug-likeness (QED) is 0.390. The minimum absolute atomic E-state index is 0.0957. The van der Waals surface area contributed by atoms with Crippen LogP contribution >= 0.6 is 22.6 Å². The van der Waals surface area contributed by atoms with E-state index in [0.29, 0.717) is 14.7 Å². The van der Waals surface area contributed by atoms with Gasteiger partial charge in [-0.05, 0) is 34.7 Å². The van der Waals surface area contributed by atoms with Gasteiger partial charge in [-0.3, -0.25) is 20.6 Å². The Morgan fingerprint density at radius 1 is 1.38 bits per heavy atom. The molecule has 1 aromatic rings. The maximum Gasteiger partial charge on any atom is 0.323 e. The molecule has 1 aromatic carbocycles. The van der Waals surface area contributed by atoms with Crippen LogP contribution < -0.4 is 16.4 Å². The summed E-state index contributed by atoms with van der Waals surface area (Å²) >= 11 is 1.96. The number of nitrogens with one attached hydrogen (secondary N) is 2. The Balaban J connectivity index is 1.87. The van der Waals surface area contributed by atoms with Gasteiger partial charge in [0.2, 0.25) is 0 Å². The van der Waals surface area contributed by atoms with Crippen molar-refractivity contribution in [2.45, 2.75) is 12.2 Å². The number of phenolic OH excluding ortho intramolecular Hbond substituents is 1. The first-order chi connectivity index (χ1) is 9.82. The Labute approximate surface area is 132 Å². The van der Waals surface area contributed by atoms with Gasteiger partial charge < -0.3 is 15.3 Å². The number of halogens is 1. The number of nitrogens with two attached hydrogens (primary N) is 1. The molecule has 9 heteroatoms. The Kier molecular flexibility index (Phi) is 3.06. The van der Waals surface area contributed by atoms with Crippen LogP contribution in [0.5, 0.6) is 5.75 Å². The van der Waals surface area contributed by atoms with E-state index in [1.165, 1.54) is 17.0 Å². The van der Waals surface area contributed by atoms with Crippen LogP contribution in [0.1, 0.15) is 15.9 Å². The van der Waals surface area contributed by atoms with Gasteiger partial charge >= 0.3 is 6.03 Å². The van der Waals surface area contributed by atoms with E-state index in [0.717, 1.165) is 0 Å². The number of hydrogen-bond donors (Lipinski definition) is 4. The van der Waals surface area contributed by atoms with Gasteiger partial charge in [0.05, 0.1) is 10.1 Å². The Morgan fingerprint density at radius 3 is 2.71 bits per heavy atom. The van der Waals surface area contributed by atoms with Crippen LogP contribution in [-0.2, 0) is 11.3 Å². The van der Waals surface area contributed by atoms with Gasteiger partial charge in [0.1, 0.15) is 5.75 Å². The summed E-state index contributed by atoms with van der Waals surface area (Å²) in [5.74, 6) is -0.867. The molecule has 1 saturated heterocycles. The monoisotopic (exact) mass is 402 g/mol. The van der Waals surface area contributed by atoms with Crippen molar-refractivity contribution in [2.75, 3.05) is 6.54 Å². The van der Waals surface area contributed by atoms with Crippen LogP contribution in [0, 0.1) is 3.57 Å². The highest BCUT2D eigenvalue weighted by atomic mass is 127. The molecule has 4 amide bonds. The fourth-order valence-corrected chi connectivity index (χ4v) is 3.08. The summed E-state index contributed by atoms with van der Waals surface area (Å²) in [6.45, 7) is 0.0812. The Hall–Kier alpha value is -1.88. The highest BCUT2D eigenvalue weighted by Gasteiger charge is 2.46. The number of amides is 4. The molecule has 0 spiro atoms. The lowest BCUT2D eigenvalue weighted by Crippen LogP contribution is -2.62. The van der Waals surface area contributed by atoms with Gasteiger partial charge in [-0.15, -0.1) is 0 Å². The van der Waals surface area contributed by atoms with Crippen molar-refractivity contribution in [1.82, 2.24) is 15.5 Å². The van der Waals surface area contributed by atoms with Crippen LogP contribution in [0.15, 0.2) is 12.1 Å².